The average Bonchev–Trinajstić information content (AvgIpc) is 3.01. The molecule has 8 heteroatoms. The van der Waals surface area contributed by atoms with Gasteiger partial charge in [0.15, 0.2) is 17.2 Å². The standard InChI is InChI=1S/C28H38O8/c1-15(2)16(3)11-23(32)36-22-14-20-24(5)8-7-19(30)12-18(24)13-21(31)28(20,35)27(34)10-9-26(33,17(4)29)25(22,27)6/h11,13,15,20,22,33-35H,7-10,12,14H2,1-6H3/b16-11+/t20-,22-,24+,25-,26-,27-,28-/m1/s1. The van der Waals surface area contributed by atoms with E-state index in [4.69, 9.17) is 4.74 Å². The van der Waals surface area contributed by atoms with Crippen LogP contribution >= 0.6 is 0 Å². The number of ketones is 3. The summed E-state index contributed by atoms with van der Waals surface area (Å²) in [5, 5.41) is 36.2. The number of aliphatic hydroxyl groups is 3. The summed E-state index contributed by atoms with van der Waals surface area (Å²) in [6, 6.07) is 0. The minimum atomic E-state index is -2.33. The fourth-order valence-corrected chi connectivity index (χ4v) is 7.53. The van der Waals surface area contributed by atoms with E-state index < -0.39 is 57.2 Å². The number of ether oxygens (including phenoxy) is 1. The Labute approximate surface area is 211 Å². The molecule has 3 saturated carbocycles. The molecule has 0 saturated heterocycles. The van der Waals surface area contributed by atoms with Crippen molar-refractivity contribution in [2.75, 3.05) is 0 Å². The minimum Gasteiger partial charge on any atom is -0.458 e. The van der Waals surface area contributed by atoms with Gasteiger partial charge in [0.05, 0.1) is 5.41 Å². The van der Waals surface area contributed by atoms with Crippen LogP contribution in [0.25, 0.3) is 0 Å². The Balaban J connectivity index is 1.91. The highest BCUT2D eigenvalue weighted by atomic mass is 16.5. The topological polar surface area (TPSA) is 138 Å². The summed E-state index contributed by atoms with van der Waals surface area (Å²) in [6.07, 6.45) is 1.70. The van der Waals surface area contributed by atoms with Crippen LogP contribution in [0.3, 0.4) is 0 Å². The Morgan fingerprint density at radius 1 is 1.08 bits per heavy atom. The maximum atomic E-state index is 13.6. The molecular formula is C28H38O8. The van der Waals surface area contributed by atoms with Gasteiger partial charge in [-0.05, 0) is 63.9 Å². The van der Waals surface area contributed by atoms with Gasteiger partial charge in [-0.25, -0.2) is 4.79 Å². The van der Waals surface area contributed by atoms with Gasteiger partial charge in [-0.2, -0.15) is 0 Å². The van der Waals surface area contributed by atoms with Crippen LogP contribution in [0.2, 0.25) is 0 Å². The second kappa shape index (κ2) is 8.17. The third-order valence-corrected chi connectivity index (χ3v) is 10.4. The number of hydrogen-bond donors (Lipinski definition) is 3. The van der Waals surface area contributed by atoms with Gasteiger partial charge in [0.25, 0.3) is 0 Å². The molecule has 36 heavy (non-hydrogen) atoms. The van der Waals surface area contributed by atoms with Gasteiger partial charge >= 0.3 is 5.97 Å². The first-order chi connectivity index (χ1) is 16.5. The Morgan fingerprint density at radius 2 is 1.72 bits per heavy atom. The van der Waals surface area contributed by atoms with Crippen molar-refractivity contribution in [1.82, 2.24) is 0 Å². The summed E-state index contributed by atoms with van der Waals surface area (Å²) in [5.74, 6) is -2.85. The molecule has 4 rings (SSSR count). The normalized spacial score (nSPS) is 44.5. The molecule has 0 heterocycles. The van der Waals surface area contributed by atoms with Crippen LogP contribution < -0.4 is 0 Å². The molecule has 0 aromatic rings. The minimum absolute atomic E-state index is 0.000390. The monoisotopic (exact) mass is 502 g/mol. The Hall–Kier alpha value is -2.16. The number of esters is 1. The van der Waals surface area contributed by atoms with Crippen molar-refractivity contribution >= 4 is 23.3 Å². The SMILES string of the molecule is CC(=O)[C@]1(O)CC[C@@]2(O)[C@]1(C)[C@H](OC(=O)/C=C(\C)C(C)C)C[C@@H]1[C@@]3(C)CCC(=O)CC3=CC(=O)[C@]12O. The number of allylic oxidation sites excluding steroid dienone is 2. The molecule has 0 radical (unpaired) electrons. The van der Waals surface area contributed by atoms with Gasteiger partial charge in [-0.3, -0.25) is 14.4 Å². The first kappa shape index (κ1) is 26.9. The fraction of sp³-hybridized carbons (Fsp3) is 0.714. The van der Waals surface area contributed by atoms with Crippen LogP contribution in [-0.2, 0) is 23.9 Å². The molecule has 8 nitrogen and oxygen atoms in total. The lowest BCUT2D eigenvalue weighted by Gasteiger charge is -2.65. The van der Waals surface area contributed by atoms with E-state index in [1.807, 2.05) is 20.8 Å². The van der Waals surface area contributed by atoms with Gasteiger partial charge in [0.1, 0.15) is 23.1 Å². The van der Waals surface area contributed by atoms with Crippen LogP contribution in [-0.4, -0.2) is 61.5 Å². The number of carbonyl (C=O) groups is 4. The smallest absolute Gasteiger partial charge is 0.330 e. The number of rotatable bonds is 4. The molecular weight excluding hydrogens is 464 g/mol. The molecule has 0 aromatic carbocycles. The summed E-state index contributed by atoms with van der Waals surface area (Å²) in [6.45, 7) is 10.2. The molecule has 0 unspecified atom stereocenters. The number of hydrogen-bond acceptors (Lipinski definition) is 8. The highest BCUT2D eigenvalue weighted by molar-refractivity contribution is 6.02. The van der Waals surface area contributed by atoms with E-state index in [0.717, 1.165) is 5.57 Å². The van der Waals surface area contributed by atoms with E-state index in [9.17, 15) is 34.5 Å². The van der Waals surface area contributed by atoms with Crippen molar-refractivity contribution < 1.29 is 39.2 Å². The molecule has 0 aliphatic heterocycles. The molecule has 198 valence electrons. The zero-order valence-corrected chi connectivity index (χ0v) is 22.0. The molecule has 4 aliphatic carbocycles. The molecule has 3 N–H and O–H groups in total. The lowest BCUT2D eigenvalue weighted by molar-refractivity contribution is -0.300. The predicted octanol–water partition coefficient (Wildman–Crippen LogP) is 2.37. The lowest BCUT2D eigenvalue weighted by atomic mass is 9.42. The van der Waals surface area contributed by atoms with Gasteiger partial charge in [-0.1, -0.05) is 31.9 Å². The quantitative estimate of drug-likeness (QED) is 0.393. The molecule has 0 aromatic heterocycles. The third-order valence-electron chi connectivity index (χ3n) is 10.4. The molecule has 7 atom stereocenters. The van der Waals surface area contributed by atoms with Crippen LogP contribution in [0.15, 0.2) is 23.3 Å². The summed E-state index contributed by atoms with van der Waals surface area (Å²) < 4.78 is 5.92. The first-order valence-corrected chi connectivity index (χ1v) is 12.8. The van der Waals surface area contributed by atoms with Gasteiger partial charge in [0, 0.05) is 24.8 Å². The molecule has 3 fully saturated rings. The van der Waals surface area contributed by atoms with E-state index >= 15 is 0 Å². The van der Waals surface area contributed by atoms with E-state index in [-0.39, 0.29) is 43.8 Å². The Morgan fingerprint density at radius 3 is 2.31 bits per heavy atom. The average molecular weight is 503 g/mol. The Kier molecular flexibility index (Phi) is 6.10. The molecule has 0 spiro atoms. The molecule has 4 aliphatic rings. The van der Waals surface area contributed by atoms with Crippen molar-refractivity contribution in [2.45, 2.75) is 103 Å². The summed E-state index contributed by atoms with van der Waals surface area (Å²) >= 11 is 0. The van der Waals surface area contributed by atoms with Gasteiger partial charge < -0.3 is 20.1 Å². The van der Waals surface area contributed by atoms with Crippen LogP contribution in [0, 0.1) is 22.7 Å². The van der Waals surface area contributed by atoms with Crippen molar-refractivity contribution in [3.8, 4) is 0 Å². The number of fused-ring (bicyclic) bond motifs is 5. The maximum absolute atomic E-state index is 13.6. The lowest BCUT2D eigenvalue weighted by Crippen LogP contribution is -2.80. The van der Waals surface area contributed by atoms with Crippen molar-refractivity contribution in [1.29, 1.82) is 0 Å². The van der Waals surface area contributed by atoms with Crippen molar-refractivity contribution in [3.63, 3.8) is 0 Å². The largest absolute Gasteiger partial charge is 0.458 e. The molecule has 0 bridgehead atoms. The van der Waals surface area contributed by atoms with Crippen LogP contribution in [0.4, 0.5) is 0 Å². The third kappa shape index (κ3) is 3.16. The van der Waals surface area contributed by atoms with Gasteiger partial charge in [-0.15, -0.1) is 0 Å². The predicted molar refractivity (Wildman–Crippen MR) is 130 cm³/mol. The Bertz CT molecular complexity index is 1100. The van der Waals surface area contributed by atoms with Crippen molar-refractivity contribution in [2.24, 2.45) is 22.7 Å². The van der Waals surface area contributed by atoms with E-state index in [0.29, 0.717) is 12.0 Å². The van der Waals surface area contributed by atoms with Crippen LogP contribution in [0.1, 0.15) is 80.1 Å². The number of Topliss-reactive ketones (excluding diaryl/α,β-unsaturated/α-hetero) is 2. The second-order valence-corrected chi connectivity index (χ2v) is 12.2. The summed E-state index contributed by atoms with van der Waals surface area (Å²) in [4.78, 5) is 51.6. The zero-order valence-electron chi connectivity index (χ0n) is 22.0. The summed E-state index contributed by atoms with van der Waals surface area (Å²) in [7, 11) is 0. The van der Waals surface area contributed by atoms with E-state index in [1.54, 1.807) is 6.92 Å². The maximum Gasteiger partial charge on any atom is 0.330 e. The van der Waals surface area contributed by atoms with Crippen molar-refractivity contribution in [3.05, 3.63) is 23.3 Å². The van der Waals surface area contributed by atoms with E-state index in [1.165, 1.54) is 26.0 Å². The van der Waals surface area contributed by atoms with E-state index in [2.05, 4.69) is 0 Å². The first-order valence-electron chi connectivity index (χ1n) is 12.8. The summed E-state index contributed by atoms with van der Waals surface area (Å²) in [5.41, 5.74) is -7.99. The fourth-order valence-electron chi connectivity index (χ4n) is 7.53. The molecule has 0 amide bonds. The number of carbonyl (C=O) groups excluding carboxylic acids is 4. The zero-order chi connectivity index (χ0) is 27.1. The second-order valence-electron chi connectivity index (χ2n) is 12.2. The van der Waals surface area contributed by atoms with Crippen LogP contribution in [0.5, 0.6) is 0 Å². The highest BCUT2D eigenvalue weighted by Gasteiger charge is 2.83. The van der Waals surface area contributed by atoms with Gasteiger partial charge in [0.2, 0.25) is 0 Å². The highest BCUT2D eigenvalue weighted by Crippen LogP contribution is 2.70.